The number of aromatic nitrogens is 1. The SMILES string of the molecule is CC(C)NC(=O)c1ccc(N2CCNCC2)c(F)n1. The molecule has 1 aromatic rings. The number of halogens is 1. The number of carbonyl (C=O) groups excluding carboxylic acids is 1. The van der Waals surface area contributed by atoms with Gasteiger partial charge in [-0.15, -0.1) is 0 Å². The maximum atomic E-state index is 14.0. The molecule has 19 heavy (non-hydrogen) atoms. The van der Waals surface area contributed by atoms with Crippen molar-refractivity contribution in [2.75, 3.05) is 31.1 Å². The van der Waals surface area contributed by atoms with Crippen molar-refractivity contribution in [1.29, 1.82) is 0 Å². The first-order chi connectivity index (χ1) is 9.08. The van der Waals surface area contributed by atoms with E-state index in [9.17, 15) is 9.18 Å². The van der Waals surface area contributed by atoms with Gasteiger partial charge in [0.05, 0.1) is 5.69 Å². The summed E-state index contributed by atoms with van der Waals surface area (Å²) < 4.78 is 14.0. The van der Waals surface area contributed by atoms with Crippen molar-refractivity contribution in [1.82, 2.24) is 15.6 Å². The molecule has 6 heteroatoms. The topological polar surface area (TPSA) is 57.3 Å². The molecule has 2 rings (SSSR count). The highest BCUT2D eigenvalue weighted by Gasteiger charge is 2.17. The zero-order valence-corrected chi connectivity index (χ0v) is 11.2. The Labute approximate surface area is 112 Å². The molecule has 0 atom stereocenters. The van der Waals surface area contributed by atoms with Gasteiger partial charge in [-0.1, -0.05) is 0 Å². The summed E-state index contributed by atoms with van der Waals surface area (Å²) in [4.78, 5) is 17.4. The number of nitrogens with zero attached hydrogens (tertiary/aromatic N) is 2. The molecule has 1 fully saturated rings. The molecule has 0 bridgehead atoms. The lowest BCUT2D eigenvalue weighted by atomic mass is 10.2. The average molecular weight is 266 g/mol. The minimum absolute atomic E-state index is 0.00482. The lowest BCUT2D eigenvalue weighted by Crippen LogP contribution is -2.44. The highest BCUT2D eigenvalue weighted by molar-refractivity contribution is 5.92. The summed E-state index contributed by atoms with van der Waals surface area (Å²) in [5.41, 5.74) is 0.577. The Morgan fingerprint density at radius 1 is 1.42 bits per heavy atom. The van der Waals surface area contributed by atoms with Crippen molar-refractivity contribution in [2.24, 2.45) is 0 Å². The molecule has 2 N–H and O–H groups in total. The lowest BCUT2D eigenvalue weighted by molar-refractivity contribution is 0.0937. The van der Waals surface area contributed by atoms with Crippen molar-refractivity contribution in [3.05, 3.63) is 23.8 Å². The smallest absolute Gasteiger partial charge is 0.270 e. The fourth-order valence-electron chi connectivity index (χ4n) is 2.03. The van der Waals surface area contributed by atoms with Crippen LogP contribution in [0.5, 0.6) is 0 Å². The number of piperazine rings is 1. The van der Waals surface area contributed by atoms with Crippen LogP contribution in [0.2, 0.25) is 0 Å². The number of pyridine rings is 1. The second-order valence-corrected chi connectivity index (χ2v) is 4.87. The molecule has 104 valence electrons. The third kappa shape index (κ3) is 3.41. The van der Waals surface area contributed by atoms with Crippen molar-refractivity contribution in [3.8, 4) is 0 Å². The average Bonchev–Trinajstić information content (AvgIpc) is 2.38. The summed E-state index contributed by atoms with van der Waals surface area (Å²) in [6.07, 6.45) is 0. The quantitative estimate of drug-likeness (QED) is 0.793. The lowest BCUT2D eigenvalue weighted by Gasteiger charge is -2.29. The highest BCUT2D eigenvalue weighted by atomic mass is 19.1. The summed E-state index contributed by atoms with van der Waals surface area (Å²) in [6, 6.07) is 3.20. The van der Waals surface area contributed by atoms with E-state index >= 15 is 0 Å². The molecular weight excluding hydrogens is 247 g/mol. The second-order valence-electron chi connectivity index (χ2n) is 4.87. The number of nitrogens with one attached hydrogen (secondary N) is 2. The standard InChI is InChI=1S/C13H19FN4O/c1-9(2)16-13(19)10-3-4-11(12(14)17-10)18-7-5-15-6-8-18/h3-4,9,15H,5-8H2,1-2H3,(H,16,19). The molecule has 1 amide bonds. The van der Waals surface area contributed by atoms with Crippen molar-refractivity contribution < 1.29 is 9.18 Å². The molecule has 0 unspecified atom stereocenters. The second kappa shape index (κ2) is 5.97. The number of carbonyl (C=O) groups is 1. The fraction of sp³-hybridized carbons (Fsp3) is 0.538. The predicted octanol–water partition coefficient (Wildman–Crippen LogP) is 0.768. The monoisotopic (exact) mass is 266 g/mol. The van der Waals surface area contributed by atoms with E-state index in [1.54, 1.807) is 12.1 Å². The molecule has 1 saturated heterocycles. The molecule has 0 saturated carbocycles. The molecule has 1 aromatic heterocycles. The van der Waals surface area contributed by atoms with Gasteiger partial charge in [0, 0.05) is 32.2 Å². The normalized spacial score (nSPS) is 15.7. The van der Waals surface area contributed by atoms with Crippen molar-refractivity contribution >= 4 is 11.6 Å². The Kier molecular flexibility index (Phi) is 4.31. The van der Waals surface area contributed by atoms with Crippen molar-refractivity contribution in [3.63, 3.8) is 0 Å². The Balaban J connectivity index is 2.14. The van der Waals surface area contributed by atoms with Crippen molar-refractivity contribution in [2.45, 2.75) is 19.9 Å². The van der Waals surface area contributed by atoms with E-state index in [2.05, 4.69) is 15.6 Å². The van der Waals surface area contributed by atoms with Gasteiger partial charge in [0.25, 0.3) is 5.91 Å². The first-order valence-electron chi connectivity index (χ1n) is 6.51. The van der Waals surface area contributed by atoms with Gasteiger partial charge in [-0.05, 0) is 26.0 Å². The van der Waals surface area contributed by atoms with Crippen LogP contribution < -0.4 is 15.5 Å². The van der Waals surface area contributed by atoms with Crippen LogP contribution in [0.15, 0.2) is 12.1 Å². The van der Waals surface area contributed by atoms with Crippen LogP contribution in [0.3, 0.4) is 0 Å². The van der Waals surface area contributed by atoms with E-state index in [0.29, 0.717) is 5.69 Å². The van der Waals surface area contributed by atoms with Gasteiger partial charge >= 0.3 is 0 Å². The third-order valence-corrected chi connectivity index (χ3v) is 2.94. The Hall–Kier alpha value is -1.69. The van der Waals surface area contributed by atoms with Gasteiger partial charge < -0.3 is 15.5 Å². The fourth-order valence-corrected chi connectivity index (χ4v) is 2.03. The molecule has 5 nitrogen and oxygen atoms in total. The van der Waals surface area contributed by atoms with Crippen LogP contribution in [-0.4, -0.2) is 43.1 Å². The Morgan fingerprint density at radius 2 is 2.11 bits per heavy atom. The zero-order chi connectivity index (χ0) is 13.8. The molecule has 1 aliphatic heterocycles. The predicted molar refractivity (Wildman–Crippen MR) is 71.9 cm³/mol. The molecule has 0 aliphatic carbocycles. The molecule has 0 radical (unpaired) electrons. The number of hydrogen-bond donors (Lipinski definition) is 2. The van der Waals surface area contributed by atoms with Crippen LogP contribution in [0.4, 0.5) is 10.1 Å². The maximum absolute atomic E-state index is 14.0. The molecule has 1 aliphatic rings. The van der Waals surface area contributed by atoms with E-state index in [4.69, 9.17) is 0 Å². The zero-order valence-electron chi connectivity index (χ0n) is 11.2. The van der Waals surface area contributed by atoms with E-state index in [1.807, 2.05) is 18.7 Å². The van der Waals surface area contributed by atoms with E-state index in [0.717, 1.165) is 26.2 Å². The van der Waals surface area contributed by atoms with Crippen LogP contribution in [-0.2, 0) is 0 Å². The summed E-state index contributed by atoms with van der Waals surface area (Å²) in [5.74, 6) is -0.931. The first-order valence-corrected chi connectivity index (χ1v) is 6.51. The van der Waals surface area contributed by atoms with E-state index in [-0.39, 0.29) is 17.6 Å². The Morgan fingerprint density at radius 3 is 2.68 bits per heavy atom. The minimum Gasteiger partial charge on any atom is -0.365 e. The molecule has 0 aromatic carbocycles. The van der Waals surface area contributed by atoms with Gasteiger partial charge in [-0.3, -0.25) is 4.79 Å². The van der Waals surface area contributed by atoms with Gasteiger partial charge in [0.1, 0.15) is 5.69 Å². The third-order valence-electron chi connectivity index (χ3n) is 2.94. The van der Waals surface area contributed by atoms with Crippen LogP contribution in [0.1, 0.15) is 24.3 Å². The number of amides is 1. The van der Waals surface area contributed by atoms with Gasteiger partial charge in [0.15, 0.2) is 0 Å². The van der Waals surface area contributed by atoms with Crippen LogP contribution in [0, 0.1) is 5.95 Å². The summed E-state index contributed by atoms with van der Waals surface area (Å²) >= 11 is 0. The van der Waals surface area contributed by atoms with Crippen LogP contribution >= 0.6 is 0 Å². The number of rotatable bonds is 3. The summed E-state index contributed by atoms with van der Waals surface area (Å²) in [6.45, 7) is 6.85. The summed E-state index contributed by atoms with van der Waals surface area (Å²) in [7, 11) is 0. The van der Waals surface area contributed by atoms with Gasteiger partial charge in [-0.2, -0.15) is 4.39 Å². The highest BCUT2D eigenvalue weighted by Crippen LogP contribution is 2.18. The number of anilines is 1. The minimum atomic E-state index is -0.585. The van der Waals surface area contributed by atoms with E-state index in [1.165, 1.54) is 0 Å². The van der Waals surface area contributed by atoms with Gasteiger partial charge in [0.2, 0.25) is 5.95 Å². The maximum Gasteiger partial charge on any atom is 0.270 e. The molecule has 0 spiro atoms. The summed E-state index contributed by atoms with van der Waals surface area (Å²) in [5, 5.41) is 5.90. The Bertz CT molecular complexity index is 458. The van der Waals surface area contributed by atoms with Gasteiger partial charge in [-0.25, -0.2) is 4.98 Å². The van der Waals surface area contributed by atoms with E-state index < -0.39 is 5.95 Å². The molecular formula is C13H19FN4O. The number of hydrogen-bond acceptors (Lipinski definition) is 4. The molecule has 2 heterocycles. The van der Waals surface area contributed by atoms with Crippen LogP contribution in [0.25, 0.3) is 0 Å². The first kappa shape index (κ1) is 13.7. The largest absolute Gasteiger partial charge is 0.365 e.